The van der Waals surface area contributed by atoms with E-state index in [4.69, 9.17) is 0 Å². The average molecular weight is 252 g/mol. The first kappa shape index (κ1) is 14.3. The molecule has 18 heavy (non-hydrogen) atoms. The summed E-state index contributed by atoms with van der Waals surface area (Å²) in [5.41, 5.74) is 0. The van der Waals surface area contributed by atoms with Gasteiger partial charge in [-0.15, -0.1) is 0 Å². The molecular formula is C16H32N2. The van der Waals surface area contributed by atoms with E-state index in [1.807, 2.05) is 0 Å². The average Bonchev–Trinajstić information content (AvgIpc) is 2.58. The van der Waals surface area contributed by atoms with E-state index in [1.165, 1.54) is 45.1 Å². The van der Waals surface area contributed by atoms with Crippen LogP contribution in [0.15, 0.2) is 0 Å². The van der Waals surface area contributed by atoms with E-state index in [2.05, 4.69) is 38.0 Å². The van der Waals surface area contributed by atoms with Gasteiger partial charge in [0.2, 0.25) is 0 Å². The Balaban J connectivity index is 2.03. The summed E-state index contributed by atoms with van der Waals surface area (Å²) in [6.07, 6.45) is 8.56. The predicted octanol–water partition coefficient (Wildman–Crippen LogP) is 3.27. The molecule has 2 rings (SSSR count). The van der Waals surface area contributed by atoms with Crippen LogP contribution >= 0.6 is 0 Å². The van der Waals surface area contributed by atoms with Gasteiger partial charge in [-0.2, -0.15) is 0 Å². The molecule has 5 atom stereocenters. The molecule has 0 spiro atoms. The second-order valence-corrected chi connectivity index (χ2v) is 6.70. The van der Waals surface area contributed by atoms with Crippen LogP contribution < -0.4 is 5.32 Å². The van der Waals surface area contributed by atoms with Crippen LogP contribution in [-0.2, 0) is 0 Å². The maximum atomic E-state index is 3.50. The number of nitrogens with one attached hydrogen (secondary N) is 1. The zero-order valence-corrected chi connectivity index (χ0v) is 12.8. The van der Waals surface area contributed by atoms with E-state index in [0.29, 0.717) is 0 Å². The van der Waals surface area contributed by atoms with Gasteiger partial charge in [0, 0.05) is 24.7 Å². The van der Waals surface area contributed by atoms with Gasteiger partial charge in [0.1, 0.15) is 0 Å². The summed E-state index contributed by atoms with van der Waals surface area (Å²) in [5, 5.41) is 3.50. The Kier molecular flexibility index (Phi) is 5.08. The van der Waals surface area contributed by atoms with Gasteiger partial charge < -0.3 is 5.32 Å². The molecule has 2 heteroatoms. The maximum Gasteiger partial charge on any atom is 0.0124 e. The van der Waals surface area contributed by atoms with Gasteiger partial charge in [-0.3, -0.25) is 4.90 Å². The number of nitrogens with zero attached hydrogens (tertiary/aromatic N) is 1. The maximum absolute atomic E-state index is 3.50. The van der Waals surface area contributed by atoms with Crippen molar-refractivity contribution < 1.29 is 0 Å². The molecule has 1 N–H and O–H groups in total. The largest absolute Gasteiger partial charge is 0.317 e. The Morgan fingerprint density at radius 1 is 0.944 bits per heavy atom. The molecule has 1 saturated heterocycles. The minimum absolute atomic E-state index is 0.720. The van der Waals surface area contributed by atoms with Crippen molar-refractivity contribution >= 4 is 0 Å². The minimum atomic E-state index is 0.720. The summed E-state index contributed by atoms with van der Waals surface area (Å²) in [4.78, 5) is 2.84. The van der Waals surface area contributed by atoms with E-state index < -0.39 is 0 Å². The van der Waals surface area contributed by atoms with Crippen molar-refractivity contribution in [1.82, 2.24) is 10.2 Å². The van der Waals surface area contributed by atoms with E-state index in [-0.39, 0.29) is 0 Å². The molecule has 0 amide bonds. The minimum Gasteiger partial charge on any atom is -0.317 e. The van der Waals surface area contributed by atoms with Gasteiger partial charge in [-0.05, 0) is 45.1 Å². The fourth-order valence-corrected chi connectivity index (χ4v) is 4.23. The lowest BCUT2D eigenvalue weighted by atomic mass is 9.83. The Morgan fingerprint density at radius 3 is 2.39 bits per heavy atom. The zero-order valence-electron chi connectivity index (χ0n) is 12.8. The van der Waals surface area contributed by atoms with Crippen molar-refractivity contribution in [3.8, 4) is 0 Å². The van der Waals surface area contributed by atoms with E-state index in [9.17, 15) is 0 Å². The van der Waals surface area contributed by atoms with Crippen molar-refractivity contribution in [1.29, 1.82) is 0 Å². The Bertz CT molecular complexity index is 253. The van der Waals surface area contributed by atoms with Crippen molar-refractivity contribution in [3.63, 3.8) is 0 Å². The molecule has 1 heterocycles. The Hall–Kier alpha value is -0.0800. The van der Waals surface area contributed by atoms with Gasteiger partial charge in [-0.25, -0.2) is 0 Å². The molecule has 5 unspecified atom stereocenters. The second kappa shape index (κ2) is 6.38. The SMILES string of the molecule is CNC1CCN(C2CCCCCC2C)C(C)C1C. The van der Waals surface area contributed by atoms with Crippen LogP contribution in [0.5, 0.6) is 0 Å². The van der Waals surface area contributed by atoms with E-state index in [0.717, 1.165) is 30.0 Å². The number of likely N-dealkylation sites (tertiary alicyclic amines) is 1. The summed E-state index contributed by atoms with van der Waals surface area (Å²) in [6, 6.07) is 2.31. The summed E-state index contributed by atoms with van der Waals surface area (Å²) in [7, 11) is 2.12. The number of piperidine rings is 1. The van der Waals surface area contributed by atoms with Crippen LogP contribution in [0.3, 0.4) is 0 Å². The molecule has 0 bridgehead atoms. The summed E-state index contributed by atoms with van der Waals surface area (Å²) in [5.74, 6) is 1.67. The first-order valence-electron chi connectivity index (χ1n) is 8.08. The molecule has 0 aromatic heterocycles. The molecule has 1 saturated carbocycles. The van der Waals surface area contributed by atoms with Gasteiger partial charge in [0.15, 0.2) is 0 Å². The molecule has 0 aromatic rings. The first-order chi connectivity index (χ1) is 8.65. The third-order valence-electron chi connectivity index (χ3n) is 5.73. The molecule has 1 aliphatic heterocycles. The van der Waals surface area contributed by atoms with Crippen molar-refractivity contribution in [2.45, 2.75) is 77.4 Å². The molecule has 2 aliphatic rings. The zero-order chi connectivity index (χ0) is 13.1. The predicted molar refractivity (Wildman–Crippen MR) is 78.8 cm³/mol. The monoisotopic (exact) mass is 252 g/mol. The highest BCUT2D eigenvalue weighted by Gasteiger charge is 2.37. The van der Waals surface area contributed by atoms with Crippen LogP contribution in [0.25, 0.3) is 0 Å². The van der Waals surface area contributed by atoms with Crippen molar-refractivity contribution in [2.75, 3.05) is 13.6 Å². The van der Waals surface area contributed by atoms with Gasteiger partial charge in [-0.1, -0.05) is 33.1 Å². The summed E-state index contributed by atoms with van der Waals surface area (Å²) < 4.78 is 0. The normalized spacial score (nSPS) is 43.7. The molecule has 2 nitrogen and oxygen atoms in total. The number of hydrogen-bond acceptors (Lipinski definition) is 2. The van der Waals surface area contributed by atoms with Crippen LogP contribution in [-0.4, -0.2) is 36.6 Å². The van der Waals surface area contributed by atoms with Crippen molar-refractivity contribution in [2.24, 2.45) is 11.8 Å². The number of rotatable bonds is 2. The van der Waals surface area contributed by atoms with Crippen LogP contribution in [0.1, 0.15) is 59.3 Å². The lowest BCUT2D eigenvalue weighted by Gasteiger charge is -2.48. The fraction of sp³-hybridized carbons (Fsp3) is 1.00. The third kappa shape index (κ3) is 2.91. The number of hydrogen-bond donors (Lipinski definition) is 1. The van der Waals surface area contributed by atoms with Gasteiger partial charge >= 0.3 is 0 Å². The lowest BCUT2D eigenvalue weighted by molar-refractivity contribution is 0.0245. The topological polar surface area (TPSA) is 15.3 Å². The summed E-state index contributed by atoms with van der Waals surface area (Å²) in [6.45, 7) is 8.66. The Morgan fingerprint density at radius 2 is 1.67 bits per heavy atom. The van der Waals surface area contributed by atoms with Crippen LogP contribution in [0.4, 0.5) is 0 Å². The highest BCUT2D eigenvalue weighted by Crippen LogP contribution is 2.33. The smallest absolute Gasteiger partial charge is 0.0124 e. The first-order valence-corrected chi connectivity index (χ1v) is 8.08. The van der Waals surface area contributed by atoms with Gasteiger partial charge in [0.05, 0.1) is 0 Å². The van der Waals surface area contributed by atoms with Crippen molar-refractivity contribution in [3.05, 3.63) is 0 Å². The van der Waals surface area contributed by atoms with E-state index in [1.54, 1.807) is 0 Å². The molecule has 0 radical (unpaired) electrons. The second-order valence-electron chi connectivity index (χ2n) is 6.70. The van der Waals surface area contributed by atoms with Crippen LogP contribution in [0.2, 0.25) is 0 Å². The molecule has 106 valence electrons. The van der Waals surface area contributed by atoms with Gasteiger partial charge in [0.25, 0.3) is 0 Å². The molecule has 0 aromatic carbocycles. The Labute approximate surface area is 114 Å². The lowest BCUT2D eigenvalue weighted by Crippen LogP contribution is -2.56. The fourth-order valence-electron chi connectivity index (χ4n) is 4.23. The molecule has 1 aliphatic carbocycles. The highest BCUT2D eigenvalue weighted by atomic mass is 15.2. The third-order valence-corrected chi connectivity index (χ3v) is 5.73. The molecular weight excluding hydrogens is 220 g/mol. The van der Waals surface area contributed by atoms with Crippen LogP contribution in [0, 0.1) is 11.8 Å². The van der Waals surface area contributed by atoms with E-state index >= 15 is 0 Å². The standard InChI is InChI=1S/C16H32N2/c1-12-8-6-5-7-9-16(12)18-11-10-15(17-4)13(2)14(18)3/h12-17H,5-11H2,1-4H3. The highest BCUT2D eigenvalue weighted by molar-refractivity contribution is 4.92. The summed E-state index contributed by atoms with van der Waals surface area (Å²) >= 11 is 0. The quantitative estimate of drug-likeness (QED) is 0.759. The molecule has 2 fully saturated rings.